The van der Waals surface area contributed by atoms with Crippen molar-refractivity contribution in [3.05, 3.63) is 0 Å². The lowest BCUT2D eigenvalue weighted by Crippen LogP contribution is -2.30. The molecule has 1 amide bonds. The van der Waals surface area contributed by atoms with E-state index in [0.29, 0.717) is 6.42 Å². The van der Waals surface area contributed by atoms with Gasteiger partial charge in [0.1, 0.15) is 0 Å². The van der Waals surface area contributed by atoms with E-state index in [-0.39, 0.29) is 12.0 Å². The molecule has 1 fully saturated rings. The van der Waals surface area contributed by atoms with Crippen LogP contribution in [0.1, 0.15) is 45.4 Å². The molecule has 1 atom stereocenters. The van der Waals surface area contributed by atoms with Gasteiger partial charge in [0, 0.05) is 13.0 Å². The summed E-state index contributed by atoms with van der Waals surface area (Å²) in [6.07, 6.45) is 6.64. The molecule has 0 aromatic carbocycles. The molecule has 0 aromatic heterocycles. The molecule has 4 nitrogen and oxygen atoms in total. The van der Waals surface area contributed by atoms with Crippen LogP contribution in [0.15, 0.2) is 0 Å². The molecule has 3 N–H and O–H groups in total. The Balaban J connectivity index is 2.02. The fraction of sp³-hybridized carbons (Fsp3) is 0.909. The maximum atomic E-state index is 10.9. The van der Waals surface area contributed by atoms with Crippen molar-refractivity contribution >= 4 is 5.91 Å². The molecule has 0 heterocycles. The molecule has 88 valence electrons. The number of ether oxygens (including phenoxy) is 1. The van der Waals surface area contributed by atoms with Crippen molar-refractivity contribution in [2.24, 2.45) is 11.8 Å². The third-order valence-corrected chi connectivity index (χ3v) is 3.03. The van der Waals surface area contributed by atoms with Gasteiger partial charge in [-0.05, 0) is 32.1 Å². The first-order valence-corrected chi connectivity index (χ1v) is 5.83. The van der Waals surface area contributed by atoms with Gasteiger partial charge in [-0.3, -0.25) is 10.2 Å². The molecule has 4 heteroatoms. The summed E-state index contributed by atoms with van der Waals surface area (Å²) < 4.78 is 5.70. The van der Waals surface area contributed by atoms with Crippen molar-refractivity contribution in [2.45, 2.75) is 51.6 Å². The van der Waals surface area contributed by atoms with Crippen LogP contribution in [0.25, 0.3) is 0 Å². The summed E-state index contributed by atoms with van der Waals surface area (Å²) in [5.41, 5.74) is 2.12. The average Bonchev–Trinajstić information content (AvgIpc) is 2.75. The van der Waals surface area contributed by atoms with Crippen LogP contribution >= 0.6 is 0 Å². The molecule has 1 rings (SSSR count). The highest BCUT2D eigenvalue weighted by Crippen LogP contribution is 2.25. The SMILES string of the molecule is CC(CCC(=O)NN)OCC1CCCC1. The number of nitrogens with one attached hydrogen (secondary N) is 1. The molecule has 0 radical (unpaired) electrons. The monoisotopic (exact) mass is 214 g/mol. The largest absolute Gasteiger partial charge is 0.378 e. The Kier molecular flexibility index (Phi) is 5.65. The van der Waals surface area contributed by atoms with Crippen molar-refractivity contribution in [1.29, 1.82) is 0 Å². The van der Waals surface area contributed by atoms with E-state index in [1.54, 1.807) is 0 Å². The summed E-state index contributed by atoms with van der Waals surface area (Å²) in [6.45, 7) is 2.87. The zero-order valence-corrected chi connectivity index (χ0v) is 9.50. The van der Waals surface area contributed by atoms with Gasteiger partial charge in [0.15, 0.2) is 0 Å². The van der Waals surface area contributed by atoms with E-state index in [4.69, 9.17) is 10.6 Å². The third-order valence-electron chi connectivity index (χ3n) is 3.03. The summed E-state index contributed by atoms with van der Waals surface area (Å²) >= 11 is 0. The lowest BCUT2D eigenvalue weighted by atomic mass is 10.1. The summed E-state index contributed by atoms with van der Waals surface area (Å²) in [5, 5.41) is 0. The number of hydrogen-bond donors (Lipinski definition) is 2. The zero-order valence-electron chi connectivity index (χ0n) is 9.50. The highest BCUT2D eigenvalue weighted by Gasteiger charge is 2.16. The zero-order chi connectivity index (χ0) is 11.1. The second kappa shape index (κ2) is 6.80. The molecular formula is C11H22N2O2. The van der Waals surface area contributed by atoms with E-state index < -0.39 is 0 Å². The van der Waals surface area contributed by atoms with Crippen molar-refractivity contribution in [3.8, 4) is 0 Å². The van der Waals surface area contributed by atoms with Gasteiger partial charge in [0.05, 0.1) is 6.10 Å². The molecule has 1 unspecified atom stereocenters. The molecule has 1 aliphatic carbocycles. The van der Waals surface area contributed by atoms with Crippen LogP contribution in [-0.2, 0) is 9.53 Å². The van der Waals surface area contributed by atoms with E-state index in [1.807, 2.05) is 6.92 Å². The molecule has 15 heavy (non-hydrogen) atoms. The smallest absolute Gasteiger partial charge is 0.233 e. The highest BCUT2D eigenvalue weighted by atomic mass is 16.5. The topological polar surface area (TPSA) is 64.4 Å². The Hall–Kier alpha value is -0.610. The normalized spacial score (nSPS) is 19.1. The Morgan fingerprint density at radius 3 is 2.80 bits per heavy atom. The highest BCUT2D eigenvalue weighted by molar-refractivity contribution is 5.75. The van der Waals surface area contributed by atoms with Crippen LogP contribution in [-0.4, -0.2) is 18.6 Å². The van der Waals surface area contributed by atoms with Gasteiger partial charge in [-0.25, -0.2) is 5.84 Å². The van der Waals surface area contributed by atoms with Crippen molar-refractivity contribution in [1.82, 2.24) is 5.43 Å². The number of hydrazine groups is 1. The fourth-order valence-electron chi connectivity index (χ4n) is 1.97. The quantitative estimate of drug-likeness (QED) is 0.398. The molecule has 0 aliphatic heterocycles. The van der Waals surface area contributed by atoms with Crippen LogP contribution in [0.4, 0.5) is 0 Å². The number of hydrogen-bond acceptors (Lipinski definition) is 3. The van der Waals surface area contributed by atoms with Crippen LogP contribution in [0.5, 0.6) is 0 Å². The minimum Gasteiger partial charge on any atom is -0.378 e. The van der Waals surface area contributed by atoms with Gasteiger partial charge in [-0.2, -0.15) is 0 Å². The first-order chi connectivity index (χ1) is 7.22. The van der Waals surface area contributed by atoms with Crippen molar-refractivity contribution in [2.75, 3.05) is 6.61 Å². The predicted molar refractivity (Wildman–Crippen MR) is 58.9 cm³/mol. The fourth-order valence-corrected chi connectivity index (χ4v) is 1.97. The van der Waals surface area contributed by atoms with Crippen LogP contribution < -0.4 is 11.3 Å². The van der Waals surface area contributed by atoms with Gasteiger partial charge in [0.2, 0.25) is 5.91 Å². The standard InChI is InChI=1S/C11H22N2O2/c1-9(6-7-11(14)13-12)15-8-10-4-2-3-5-10/h9-10H,2-8,12H2,1H3,(H,13,14). The maximum absolute atomic E-state index is 10.9. The van der Waals surface area contributed by atoms with Gasteiger partial charge in [-0.1, -0.05) is 12.8 Å². The van der Waals surface area contributed by atoms with Gasteiger partial charge >= 0.3 is 0 Å². The molecule has 0 spiro atoms. The van der Waals surface area contributed by atoms with Gasteiger partial charge in [0.25, 0.3) is 0 Å². The minimum atomic E-state index is -0.119. The third kappa shape index (κ3) is 5.14. The predicted octanol–water partition coefficient (Wildman–Crippen LogP) is 1.35. The molecule has 0 saturated heterocycles. The summed E-state index contributed by atoms with van der Waals surface area (Å²) in [6, 6.07) is 0. The second-order valence-electron chi connectivity index (χ2n) is 4.40. The van der Waals surface area contributed by atoms with Crippen LogP contribution in [0, 0.1) is 5.92 Å². The number of amides is 1. The van der Waals surface area contributed by atoms with Crippen LogP contribution in [0.3, 0.4) is 0 Å². The number of carbonyl (C=O) groups is 1. The van der Waals surface area contributed by atoms with Gasteiger partial charge in [-0.15, -0.1) is 0 Å². The molecular weight excluding hydrogens is 192 g/mol. The molecule has 1 aliphatic rings. The van der Waals surface area contributed by atoms with Crippen LogP contribution in [0.2, 0.25) is 0 Å². The van der Waals surface area contributed by atoms with E-state index in [0.717, 1.165) is 18.9 Å². The lowest BCUT2D eigenvalue weighted by Gasteiger charge is -2.15. The first kappa shape index (κ1) is 12.5. The first-order valence-electron chi connectivity index (χ1n) is 5.83. The van der Waals surface area contributed by atoms with E-state index in [9.17, 15) is 4.79 Å². The molecule has 0 bridgehead atoms. The average molecular weight is 214 g/mol. The van der Waals surface area contributed by atoms with Crippen molar-refractivity contribution in [3.63, 3.8) is 0 Å². The van der Waals surface area contributed by atoms with Crippen molar-refractivity contribution < 1.29 is 9.53 Å². The summed E-state index contributed by atoms with van der Waals surface area (Å²) in [4.78, 5) is 10.9. The second-order valence-corrected chi connectivity index (χ2v) is 4.40. The molecule has 0 aromatic rings. The minimum absolute atomic E-state index is 0.119. The Morgan fingerprint density at radius 2 is 2.20 bits per heavy atom. The summed E-state index contributed by atoms with van der Waals surface area (Å²) in [7, 11) is 0. The number of carbonyl (C=O) groups excluding carboxylic acids is 1. The Labute approximate surface area is 91.5 Å². The number of nitrogens with two attached hydrogens (primary N) is 1. The molecule has 1 saturated carbocycles. The van der Waals surface area contributed by atoms with E-state index >= 15 is 0 Å². The van der Waals surface area contributed by atoms with Gasteiger partial charge < -0.3 is 4.74 Å². The number of rotatable bonds is 6. The Morgan fingerprint density at radius 1 is 1.53 bits per heavy atom. The van der Waals surface area contributed by atoms with E-state index in [2.05, 4.69) is 5.43 Å². The summed E-state index contributed by atoms with van der Waals surface area (Å²) in [5.74, 6) is 5.62. The Bertz CT molecular complexity index is 191. The maximum Gasteiger partial charge on any atom is 0.233 e. The van der Waals surface area contributed by atoms with E-state index in [1.165, 1.54) is 25.7 Å². The lowest BCUT2D eigenvalue weighted by molar-refractivity contribution is -0.121.